The van der Waals surface area contributed by atoms with Gasteiger partial charge in [0.25, 0.3) is 0 Å². The molecule has 0 spiro atoms. The number of hydrogen-bond acceptors (Lipinski definition) is 7. The first kappa shape index (κ1) is 20.0. The van der Waals surface area contributed by atoms with Gasteiger partial charge in [-0.05, 0) is 32.9 Å². The lowest BCUT2D eigenvalue weighted by molar-refractivity contribution is 0.0275. The molecule has 0 radical (unpaired) electrons. The number of nitrogens with one attached hydrogen (secondary N) is 1. The van der Waals surface area contributed by atoms with E-state index in [2.05, 4.69) is 10.5 Å². The smallest absolute Gasteiger partial charge is 0.410 e. The van der Waals surface area contributed by atoms with E-state index in [0.29, 0.717) is 19.5 Å². The molecule has 0 saturated carbocycles. The molecule has 27 heavy (non-hydrogen) atoms. The van der Waals surface area contributed by atoms with E-state index >= 15 is 0 Å². The minimum absolute atomic E-state index is 0.0429. The summed E-state index contributed by atoms with van der Waals surface area (Å²) in [4.78, 5) is 13.6. The van der Waals surface area contributed by atoms with E-state index in [0.717, 1.165) is 6.07 Å². The van der Waals surface area contributed by atoms with Gasteiger partial charge in [0.1, 0.15) is 23.8 Å². The van der Waals surface area contributed by atoms with Gasteiger partial charge in [-0.25, -0.2) is 9.18 Å². The van der Waals surface area contributed by atoms with Crippen LogP contribution in [0.2, 0.25) is 0 Å². The summed E-state index contributed by atoms with van der Waals surface area (Å²) in [6.45, 7) is 6.16. The average Bonchev–Trinajstić information content (AvgIpc) is 3.05. The topological polar surface area (TPSA) is 111 Å². The van der Waals surface area contributed by atoms with Gasteiger partial charge < -0.3 is 14.4 Å². The first-order valence-electron chi connectivity index (χ1n) is 8.30. The molecule has 1 aliphatic heterocycles. The highest BCUT2D eigenvalue weighted by molar-refractivity contribution is 6.10. The monoisotopic (exact) mass is 373 g/mol. The Labute approximate surface area is 156 Å². The Kier molecular flexibility index (Phi) is 6.19. The molecule has 0 bridgehead atoms. The van der Waals surface area contributed by atoms with Gasteiger partial charge in [-0.1, -0.05) is 0 Å². The van der Waals surface area contributed by atoms with Gasteiger partial charge in [0, 0.05) is 19.0 Å². The lowest BCUT2D eigenvalue weighted by Gasteiger charge is -2.24. The summed E-state index contributed by atoms with van der Waals surface area (Å²) in [5.41, 5.74) is 1.75. The van der Waals surface area contributed by atoms with E-state index < -0.39 is 17.5 Å². The minimum Gasteiger partial charge on any atom is -0.485 e. The van der Waals surface area contributed by atoms with Crippen molar-refractivity contribution in [3.8, 4) is 17.9 Å². The normalized spacial score (nSPS) is 16.1. The summed E-state index contributed by atoms with van der Waals surface area (Å²) < 4.78 is 25.2. The zero-order valence-corrected chi connectivity index (χ0v) is 15.3. The van der Waals surface area contributed by atoms with E-state index in [4.69, 9.17) is 20.0 Å². The molecular formula is C18H20FN5O3. The quantitative estimate of drug-likeness (QED) is 0.641. The number of hydrogen-bond donors (Lipinski definition) is 1. The first-order chi connectivity index (χ1) is 12.7. The Bertz CT molecular complexity index is 804. The lowest BCUT2D eigenvalue weighted by Crippen LogP contribution is -2.36. The Morgan fingerprint density at radius 2 is 2.07 bits per heavy atom. The van der Waals surface area contributed by atoms with Crippen LogP contribution < -0.4 is 10.2 Å². The van der Waals surface area contributed by atoms with Crippen molar-refractivity contribution in [2.45, 2.75) is 38.9 Å². The van der Waals surface area contributed by atoms with Crippen molar-refractivity contribution in [2.24, 2.45) is 5.10 Å². The van der Waals surface area contributed by atoms with Crippen LogP contribution in [0.5, 0.6) is 5.75 Å². The Morgan fingerprint density at radius 1 is 1.37 bits per heavy atom. The summed E-state index contributed by atoms with van der Waals surface area (Å²) in [7, 11) is 0. The SMILES string of the molecule is CC(C)(C)OC(=O)N1CCC(Oc2ccc(NN=C(C#N)C#N)cc2F)C1. The molecule has 1 unspecified atom stereocenters. The minimum atomic E-state index is -0.624. The number of carbonyl (C=O) groups excluding carboxylic acids is 1. The fraction of sp³-hybridized carbons (Fsp3) is 0.444. The number of hydrazone groups is 1. The van der Waals surface area contributed by atoms with E-state index in [1.165, 1.54) is 17.0 Å². The fourth-order valence-corrected chi connectivity index (χ4v) is 2.36. The van der Waals surface area contributed by atoms with Crippen molar-refractivity contribution in [2.75, 3.05) is 18.5 Å². The summed E-state index contributed by atoms with van der Waals surface area (Å²) in [5.74, 6) is -0.581. The third-order valence-electron chi connectivity index (χ3n) is 3.53. The van der Waals surface area contributed by atoms with E-state index in [1.807, 2.05) is 0 Å². The number of nitrogens with zero attached hydrogens (tertiary/aromatic N) is 4. The number of rotatable bonds is 4. The van der Waals surface area contributed by atoms with Gasteiger partial charge in [-0.2, -0.15) is 15.6 Å². The molecule has 1 aromatic rings. The van der Waals surface area contributed by atoms with Crippen LogP contribution in [0.3, 0.4) is 0 Å². The molecule has 142 valence electrons. The Morgan fingerprint density at radius 3 is 2.67 bits per heavy atom. The third-order valence-corrected chi connectivity index (χ3v) is 3.53. The maximum Gasteiger partial charge on any atom is 0.410 e. The average molecular weight is 373 g/mol. The van der Waals surface area contributed by atoms with E-state index in [9.17, 15) is 9.18 Å². The second kappa shape index (κ2) is 8.37. The van der Waals surface area contributed by atoms with Crippen LogP contribution in [0, 0.1) is 28.5 Å². The number of nitriles is 2. The molecule has 0 aromatic heterocycles. The van der Waals surface area contributed by atoms with Crippen LogP contribution in [-0.2, 0) is 4.74 Å². The zero-order chi connectivity index (χ0) is 20.0. The van der Waals surface area contributed by atoms with Crippen molar-refractivity contribution >= 4 is 17.5 Å². The van der Waals surface area contributed by atoms with Gasteiger partial charge in [0.05, 0.1) is 12.2 Å². The van der Waals surface area contributed by atoms with Gasteiger partial charge >= 0.3 is 6.09 Å². The molecule has 1 amide bonds. The number of anilines is 1. The molecule has 1 N–H and O–H groups in total. The van der Waals surface area contributed by atoms with Crippen molar-refractivity contribution in [3.05, 3.63) is 24.0 Å². The van der Waals surface area contributed by atoms with Crippen LogP contribution in [0.1, 0.15) is 27.2 Å². The highest BCUT2D eigenvalue weighted by atomic mass is 19.1. The van der Waals surface area contributed by atoms with Crippen LogP contribution in [-0.4, -0.2) is 41.5 Å². The number of likely N-dealkylation sites (tertiary alicyclic amines) is 1. The predicted octanol–water partition coefficient (Wildman–Crippen LogP) is 3.03. The highest BCUT2D eigenvalue weighted by Crippen LogP contribution is 2.25. The van der Waals surface area contributed by atoms with E-state index in [-0.39, 0.29) is 23.3 Å². The van der Waals surface area contributed by atoms with Crippen molar-refractivity contribution < 1.29 is 18.7 Å². The van der Waals surface area contributed by atoms with Gasteiger partial charge in [0.2, 0.25) is 5.71 Å². The Balaban J connectivity index is 1.95. The number of ether oxygens (including phenoxy) is 2. The number of benzene rings is 1. The molecule has 9 heteroatoms. The molecule has 2 rings (SSSR count). The van der Waals surface area contributed by atoms with Crippen LogP contribution in [0.15, 0.2) is 23.3 Å². The highest BCUT2D eigenvalue weighted by Gasteiger charge is 2.31. The summed E-state index contributed by atoms with van der Waals surface area (Å²) in [6.07, 6.45) is -0.193. The molecule has 0 aliphatic carbocycles. The van der Waals surface area contributed by atoms with Crippen LogP contribution in [0.25, 0.3) is 0 Å². The van der Waals surface area contributed by atoms with Crippen molar-refractivity contribution in [3.63, 3.8) is 0 Å². The number of halogens is 1. The van der Waals surface area contributed by atoms with Gasteiger partial charge in [-0.3, -0.25) is 5.43 Å². The molecule has 1 heterocycles. The lowest BCUT2D eigenvalue weighted by atomic mass is 10.2. The van der Waals surface area contributed by atoms with Gasteiger partial charge in [0.15, 0.2) is 11.6 Å². The first-order valence-corrected chi connectivity index (χ1v) is 8.30. The second-order valence-electron chi connectivity index (χ2n) is 6.90. The maximum absolute atomic E-state index is 14.2. The Hall–Kier alpha value is -3.33. The molecule has 1 fully saturated rings. The molecule has 1 atom stereocenters. The summed E-state index contributed by atoms with van der Waals surface area (Å²) in [5, 5.41) is 20.8. The fourth-order valence-electron chi connectivity index (χ4n) is 2.36. The number of carbonyl (C=O) groups is 1. The summed E-state index contributed by atoms with van der Waals surface area (Å²) in [6, 6.07) is 7.25. The largest absolute Gasteiger partial charge is 0.485 e. The zero-order valence-electron chi connectivity index (χ0n) is 15.3. The second-order valence-corrected chi connectivity index (χ2v) is 6.90. The molecule has 1 aromatic carbocycles. The molecular weight excluding hydrogens is 353 g/mol. The van der Waals surface area contributed by atoms with Gasteiger partial charge in [-0.15, -0.1) is 0 Å². The van der Waals surface area contributed by atoms with Crippen LogP contribution in [0.4, 0.5) is 14.9 Å². The molecule has 8 nitrogen and oxygen atoms in total. The van der Waals surface area contributed by atoms with E-state index in [1.54, 1.807) is 32.9 Å². The van der Waals surface area contributed by atoms with Crippen LogP contribution >= 0.6 is 0 Å². The molecule has 1 saturated heterocycles. The maximum atomic E-state index is 14.2. The summed E-state index contributed by atoms with van der Waals surface area (Å²) >= 11 is 0. The molecule has 1 aliphatic rings. The van der Waals surface area contributed by atoms with Crippen molar-refractivity contribution in [1.29, 1.82) is 10.5 Å². The number of amides is 1. The predicted molar refractivity (Wildman–Crippen MR) is 95.5 cm³/mol. The van der Waals surface area contributed by atoms with Crippen molar-refractivity contribution in [1.82, 2.24) is 4.90 Å². The third kappa shape index (κ3) is 5.86. The standard InChI is InChI=1S/C18H20FN5O3/c1-18(2,3)27-17(25)24-7-6-14(11-24)26-16-5-4-12(8-15(16)19)22-23-13(9-20)10-21/h4-5,8,14,22H,6-7,11H2,1-3H3.